The normalized spacial score (nSPS) is 10.7. The summed E-state index contributed by atoms with van der Waals surface area (Å²) in [6.07, 6.45) is 1.76. The molecule has 0 radical (unpaired) electrons. The van der Waals surface area contributed by atoms with E-state index in [4.69, 9.17) is 0 Å². The number of aryl methyl sites for hydroxylation is 1. The third-order valence-electron chi connectivity index (χ3n) is 2.82. The van der Waals surface area contributed by atoms with E-state index < -0.39 is 0 Å². The molecular weight excluding hydrogens is 272 g/mol. The van der Waals surface area contributed by atoms with Crippen molar-refractivity contribution in [3.63, 3.8) is 0 Å². The zero-order valence-corrected chi connectivity index (χ0v) is 12.0. The first-order chi connectivity index (χ1) is 9.76. The summed E-state index contributed by atoms with van der Waals surface area (Å²) in [5.41, 5.74) is 0.936. The first-order valence-corrected chi connectivity index (χ1v) is 7.09. The van der Waals surface area contributed by atoms with E-state index in [-0.39, 0.29) is 0 Å². The van der Waals surface area contributed by atoms with Gasteiger partial charge in [-0.1, -0.05) is 0 Å². The minimum Gasteiger partial charge on any atom is -0.364 e. The number of nitrogens with one attached hydrogen (secondary N) is 2. The van der Waals surface area contributed by atoms with Gasteiger partial charge in [0.1, 0.15) is 16.5 Å². The molecule has 0 spiro atoms. The Balaban J connectivity index is 1.88. The van der Waals surface area contributed by atoms with Crippen molar-refractivity contribution >= 4 is 33.3 Å². The van der Waals surface area contributed by atoms with Gasteiger partial charge in [0.2, 0.25) is 5.95 Å². The first-order valence-electron chi connectivity index (χ1n) is 6.21. The average Bonchev–Trinajstić information content (AvgIpc) is 2.93. The molecule has 102 valence electrons. The number of aromatic nitrogens is 4. The Kier molecular flexibility index (Phi) is 3.42. The van der Waals surface area contributed by atoms with Crippen LogP contribution in [0, 0.1) is 6.92 Å². The lowest BCUT2D eigenvalue weighted by molar-refractivity contribution is 0.950. The maximum Gasteiger partial charge on any atom is 0.225 e. The predicted octanol–water partition coefficient (Wildman–Crippen LogP) is 2.44. The molecule has 3 aromatic rings. The van der Waals surface area contributed by atoms with E-state index in [9.17, 15) is 0 Å². The summed E-state index contributed by atoms with van der Waals surface area (Å²) in [6, 6.07) is 3.91. The van der Waals surface area contributed by atoms with Gasteiger partial charge >= 0.3 is 0 Å². The molecule has 0 aliphatic rings. The Labute approximate surface area is 120 Å². The van der Waals surface area contributed by atoms with Crippen LogP contribution in [0.2, 0.25) is 0 Å². The number of anilines is 2. The van der Waals surface area contributed by atoms with Gasteiger partial charge in [-0.15, -0.1) is 11.3 Å². The Morgan fingerprint density at radius 2 is 2.10 bits per heavy atom. The minimum absolute atomic E-state index is 0.606. The lowest BCUT2D eigenvalue weighted by Crippen LogP contribution is -2.06. The van der Waals surface area contributed by atoms with Crippen molar-refractivity contribution in [2.24, 2.45) is 0 Å². The van der Waals surface area contributed by atoms with E-state index in [1.807, 2.05) is 31.5 Å². The van der Waals surface area contributed by atoms with Crippen LogP contribution in [0.15, 0.2) is 23.7 Å². The molecule has 3 heterocycles. The van der Waals surface area contributed by atoms with Crippen LogP contribution < -0.4 is 10.6 Å². The van der Waals surface area contributed by atoms with Gasteiger partial charge in [0, 0.05) is 13.2 Å². The second-order valence-electron chi connectivity index (χ2n) is 4.23. The molecule has 6 nitrogen and oxygen atoms in total. The molecule has 7 heteroatoms. The van der Waals surface area contributed by atoms with Crippen molar-refractivity contribution in [2.75, 3.05) is 17.7 Å². The van der Waals surface area contributed by atoms with Gasteiger partial charge in [-0.05, 0) is 24.4 Å². The number of hydrogen-bond acceptors (Lipinski definition) is 7. The smallest absolute Gasteiger partial charge is 0.225 e. The Hall–Kier alpha value is -2.28. The Morgan fingerprint density at radius 1 is 1.20 bits per heavy atom. The third kappa shape index (κ3) is 2.53. The summed E-state index contributed by atoms with van der Waals surface area (Å²) in [4.78, 5) is 18.3. The predicted molar refractivity (Wildman–Crippen MR) is 81.1 cm³/mol. The molecule has 20 heavy (non-hydrogen) atoms. The van der Waals surface area contributed by atoms with Gasteiger partial charge < -0.3 is 10.6 Å². The molecule has 0 saturated carbocycles. The molecule has 3 aromatic heterocycles. The largest absolute Gasteiger partial charge is 0.364 e. The summed E-state index contributed by atoms with van der Waals surface area (Å²) < 4.78 is 0. The van der Waals surface area contributed by atoms with Gasteiger partial charge in [0.15, 0.2) is 0 Å². The van der Waals surface area contributed by atoms with Crippen molar-refractivity contribution in [3.8, 4) is 0 Å². The van der Waals surface area contributed by atoms with E-state index in [0.29, 0.717) is 12.5 Å². The van der Waals surface area contributed by atoms with Crippen molar-refractivity contribution in [2.45, 2.75) is 13.5 Å². The molecule has 0 unspecified atom stereocenters. The lowest BCUT2D eigenvalue weighted by Gasteiger charge is -2.08. The van der Waals surface area contributed by atoms with Gasteiger partial charge in [0.25, 0.3) is 0 Å². The van der Waals surface area contributed by atoms with Crippen LogP contribution in [0.3, 0.4) is 0 Å². The van der Waals surface area contributed by atoms with Crippen LogP contribution in [0.25, 0.3) is 10.2 Å². The molecule has 0 aromatic carbocycles. The highest BCUT2D eigenvalue weighted by Gasteiger charge is 2.08. The zero-order chi connectivity index (χ0) is 13.9. The van der Waals surface area contributed by atoms with Crippen molar-refractivity contribution in [1.29, 1.82) is 0 Å². The lowest BCUT2D eigenvalue weighted by atomic mass is 10.3. The van der Waals surface area contributed by atoms with E-state index in [1.165, 1.54) is 0 Å². The van der Waals surface area contributed by atoms with Gasteiger partial charge in [-0.25, -0.2) is 15.0 Å². The highest BCUT2D eigenvalue weighted by Crippen LogP contribution is 2.26. The molecule has 0 aliphatic carbocycles. The fraction of sp³-hybridized carbons (Fsp3) is 0.231. The molecule has 0 aliphatic heterocycles. The molecule has 2 N–H and O–H groups in total. The van der Waals surface area contributed by atoms with Crippen LogP contribution in [0.4, 0.5) is 11.8 Å². The van der Waals surface area contributed by atoms with Crippen LogP contribution in [-0.2, 0) is 6.54 Å². The standard InChI is InChI=1S/C13H14N6S/c1-8-15-5-3-9(17-8)7-16-11-10-4-6-20-12(10)19-13(14-2)18-11/h3-6H,7H2,1-2H3,(H2,14,16,18,19). The first kappa shape index (κ1) is 12.7. The number of hydrogen-bond donors (Lipinski definition) is 2. The van der Waals surface area contributed by atoms with E-state index >= 15 is 0 Å². The fourth-order valence-electron chi connectivity index (χ4n) is 1.88. The SMILES string of the molecule is CNc1nc(NCc2ccnc(C)n2)c2ccsc2n1. The van der Waals surface area contributed by atoms with Gasteiger partial charge in [0.05, 0.1) is 17.6 Å². The highest BCUT2D eigenvalue weighted by atomic mass is 32.1. The number of rotatable bonds is 4. The molecular formula is C13H14N6S. The fourth-order valence-corrected chi connectivity index (χ4v) is 2.64. The second-order valence-corrected chi connectivity index (χ2v) is 5.13. The maximum absolute atomic E-state index is 4.46. The van der Waals surface area contributed by atoms with Crippen LogP contribution >= 0.6 is 11.3 Å². The molecule has 0 fully saturated rings. The number of nitrogens with zero attached hydrogens (tertiary/aromatic N) is 4. The summed E-state index contributed by atoms with van der Waals surface area (Å²) in [5, 5.41) is 9.33. The monoisotopic (exact) mass is 286 g/mol. The number of fused-ring (bicyclic) bond motifs is 1. The molecule has 0 amide bonds. The maximum atomic E-state index is 4.46. The molecule has 0 saturated heterocycles. The second kappa shape index (κ2) is 5.38. The summed E-state index contributed by atoms with van der Waals surface area (Å²) in [5.74, 6) is 2.20. The third-order valence-corrected chi connectivity index (χ3v) is 3.63. The molecule has 0 atom stereocenters. The zero-order valence-electron chi connectivity index (χ0n) is 11.2. The highest BCUT2D eigenvalue weighted by molar-refractivity contribution is 7.16. The summed E-state index contributed by atoms with van der Waals surface area (Å²) >= 11 is 1.60. The molecule has 3 rings (SSSR count). The van der Waals surface area contributed by atoms with Crippen molar-refractivity contribution < 1.29 is 0 Å². The summed E-state index contributed by atoms with van der Waals surface area (Å²) in [7, 11) is 1.81. The average molecular weight is 286 g/mol. The summed E-state index contributed by atoms with van der Waals surface area (Å²) in [6.45, 7) is 2.48. The van der Waals surface area contributed by atoms with Crippen LogP contribution in [-0.4, -0.2) is 27.0 Å². The van der Waals surface area contributed by atoms with E-state index in [1.54, 1.807) is 17.5 Å². The van der Waals surface area contributed by atoms with E-state index in [2.05, 4.69) is 30.6 Å². The quantitative estimate of drug-likeness (QED) is 0.767. The van der Waals surface area contributed by atoms with Crippen molar-refractivity contribution in [1.82, 2.24) is 19.9 Å². The minimum atomic E-state index is 0.606. The van der Waals surface area contributed by atoms with Crippen LogP contribution in [0.5, 0.6) is 0 Å². The molecule has 0 bridgehead atoms. The van der Waals surface area contributed by atoms with Gasteiger partial charge in [-0.3, -0.25) is 0 Å². The van der Waals surface area contributed by atoms with E-state index in [0.717, 1.165) is 27.6 Å². The van der Waals surface area contributed by atoms with Crippen LogP contribution in [0.1, 0.15) is 11.5 Å². The van der Waals surface area contributed by atoms with Gasteiger partial charge in [-0.2, -0.15) is 4.98 Å². The number of thiophene rings is 1. The van der Waals surface area contributed by atoms with Crippen molar-refractivity contribution in [3.05, 3.63) is 35.2 Å². The topological polar surface area (TPSA) is 75.6 Å². The Bertz CT molecular complexity index is 739. The Morgan fingerprint density at radius 3 is 2.90 bits per heavy atom.